The van der Waals surface area contributed by atoms with Gasteiger partial charge in [0.05, 0.1) is 0 Å². The molecule has 4 rings (SSSR count). The Morgan fingerprint density at radius 3 is 2.31 bits per heavy atom. The molecule has 1 spiro atoms. The zero-order valence-corrected chi connectivity index (χ0v) is 16.5. The summed E-state index contributed by atoms with van der Waals surface area (Å²) >= 11 is 0. The van der Waals surface area contributed by atoms with Crippen molar-refractivity contribution in [2.24, 2.45) is 5.41 Å². The number of hydrogen-bond acceptors (Lipinski definition) is 4. The van der Waals surface area contributed by atoms with E-state index in [0.717, 1.165) is 12.5 Å². The number of carbonyl (C=O) groups is 2. The van der Waals surface area contributed by atoms with Gasteiger partial charge in [-0.3, -0.25) is 9.59 Å². The summed E-state index contributed by atoms with van der Waals surface area (Å²) in [7, 11) is 0. The van der Waals surface area contributed by atoms with Crippen LogP contribution < -0.4 is 0 Å². The second-order valence-corrected chi connectivity index (χ2v) is 8.14. The number of halogens is 2. The molecule has 3 heterocycles. The van der Waals surface area contributed by atoms with Crippen LogP contribution in [0.2, 0.25) is 0 Å². The molecule has 6 nitrogen and oxygen atoms in total. The average molecular weight is 403 g/mol. The Morgan fingerprint density at radius 2 is 1.69 bits per heavy atom. The number of nitrogens with zero attached hydrogens (tertiary/aromatic N) is 3. The molecule has 0 unspecified atom stereocenters. The smallest absolute Gasteiger partial charge is 0.276 e. The first kappa shape index (κ1) is 19.5. The van der Waals surface area contributed by atoms with Gasteiger partial charge in [-0.2, -0.15) is 0 Å². The van der Waals surface area contributed by atoms with Gasteiger partial charge in [-0.25, -0.2) is 8.78 Å². The van der Waals surface area contributed by atoms with E-state index < -0.39 is 23.1 Å². The fourth-order valence-corrected chi connectivity index (χ4v) is 4.34. The summed E-state index contributed by atoms with van der Waals surface area (Å²) in [6, 6.07) is 4.08. The van der Waals surface area contributed by atoms with Crippen LogP contribution in [0.5, 0.6) is 0 Å². The van der Waals surface area contributed by atoms with Gasteiger partial charge in [0.25, 0.3) is 11.8 Å². The third-order valence-electron chi connectivity index (χ3n) is 6.18. The van der Waals surface area contributed by atoms with Crippen LogP contribution in [-0.2, 0) is 0 Å². The molecule has 0 N–H and O–H groups in total. The maximum Gasteiger partial charge on any atom is 0.276 e. The van der Waals surface area contributed by atoms with Gasteiger partial charge in [0.2, 0.25) is 0 Å². The van der Waals surface area contributed by atoms with Crippen LogP contribution in [0.15, 0.2) is 22.7 Å². The van der Waals surface area contributed by atoms with E-state index in [1.807, 2.05) is 0 Å². The molecule has 29 heavy (non-hydrogen) atoms. The molecule has 154 valence electrons. The van der Waals surface area contributed by atoms with Crippen LogP contribution in [0.1, 0.15) is 51.4 Å². The fourth-order valence-electron chi connectivity index (χ4n) is 4.34. The minimum atomic E-state index is -0.834. The van der Waals surface area contributed by atoms with Gasteiger partial charge in [0, 0.05) is 32.2 Å². The summed E-state index contributed by atoms with van der Waals surface area (Å²) in [6.45, 7) is 5.29. The predicted octanol–water partition coefficient (Wildman–Crippen LogP) is 3.34. The van der Waals surface area contributed by atoms with Gasteiger partial charge in [-0.15, -0.1) is 0 Å². The standard InChI is InChI=1S/C21H23F2N3O3/c1-13-3-4-15(22)17(18(13)23)20(28)25-8-5-21(6-9-25)7-10-26(12-21)19(27)16-11-14(2)29-24-16/h3-4,11H,5-10,12H2,1-2H3. The number of hydrogen-bond donors (Lipinski definition) is 0. The Labute approximate surface area is 167 Å². The maximum atomic E-state index is 14.3. The van der Waals surface area contributed by atoms with Crippen molar-refractivity contribution in [2.45, 2.75) is 33.1 Å². The van der Waals surface area contributed by atoms with E-state index in [4.69, 9.17) is 4.52 Å². The number of carbonyl (C=O) groups excluding carboxylic acids is 2. The number of amides is 2. The normalized spacial score (nSPS) is 18.5. The summed E-state index contributed by atoms with van der Waals surface area (Å²) in [5.74, 6) is -1.80. The van der Waals surface area contributed by atoms with Crippen molar-refractivity contribution in [1.82, 2.24) is 15.0 Å². The quantitative estimate of drug-likeness (QED) is 0.772. The maximum absolute atomic E-state index is 14.3. The Bertz CT molecular complexity index is 964. The Morgan fingerprint density at radius 1 is 1.03 bits per heavy atom. The largest absolute Gasteiger partial charge is 0.361 e. The lowest BCUT2D eigenvalue weighted by Crippen LogP contribution is -2.45. The highest BCUT2D eigenvalue weighted by Crippen LogP contribution is 2.41. The number of benzene rings is 1. The minimum Gasteiger partial charge on any atom is -0.361 e. The monoisotopic (exact) mass is 403 g/mol. The number of piperidine rings is 1. The van der Waals surface area contributed by atoms with E-state index in [1.54, 1.807) is 17.9 Å². The van der Waals surface area contributed by atoms with Crippen molar-refractivity contribution in [1.29, 1.82) is 0 Å². The van der Waals surface area contributed by atoms with Crippen molar-refractivity contribution in [3.8, 4) is 0 Å². The van der Waals surface area contributed by atoms with Crippen molar-refractivity contribution < 1.29 is 22.9 Å². The lowest BCUT2D eigenvalue weighted by atomic mass is 9.77. The van der Waals surface area contributed by atoms with Crippen molar-refractivity contribution >= 4 is 11.8 Å². The van der Waals surface area contributed by atoms with Gasteiger partial charge in [0.1, 0.15) is 23.0 Å². The van der Waals surface area contributed by atoms with E-state index in [0.29, 0.717) is 50.5 Å². The highest BCUT2D eigenvalue weighted by atomic mass is 19.1. The van der Waals surface area contributed by atoms with Crippen LogP contribution in [0, 0.1) is 30.9 Å². The predicted molar refractivity (Wildman–Crippen MR) is 100 cm³/mol. The molecule has 0 bridgehead atoms. The van der Waals surface area contributed by atoms with E-state index in [9.17, 15) is 18.4 Å². The van der Waals surface area contributed by atoms with E-state index in [1.165, 1.54) is 17.9 Å². The molecule has 2 aliphatic rings. The lowest BCUT2D eigenvalue weighted by molar-refractivity contribution is 0.0555. The van der Waals surface area contributed by atoms with Crippen LogP contribution in [0.4, 0.5) is 8.78 Å². The summed E-state index contributed by atoms with van der Waals surface area (Å²) in [6.07, 6.45) is 2.22. The number of aromatic nitrogens is 1. The third-order valence-corrected chi connectivity index (χ3v) is 6.18. The van der Waals surface area contributed by atoms with Crippen LogP contribution in [-0.4, -0.2) is 52.9 Å². The molecule has 0 radical (unpaired) electrons. The number of rotatable bonds is 2. The SMILES string of the molecule is Cc1cc(C(=O)N2CCC3(CCN(C(=O)c4c(F)ccc(C)c4F)CC3)C2)no1. The van der Waals surface area contributed by atoms with Gasteiger partial charge < -0.3 is 14.3 Å². The molecule has 2 fully saturated rings. The molecule has 0 saturated carbocycles. The highest BCUT2D eigenvalue weighted by Gasteiger charge is 2.43. The lowest BCUT2D eigenvalue weighted by Gasteiger charge is -2.39. The fraction of sp³-hybridized carbons (Fsp3) is 0.476. The zero-order chi connectivity index (χ0) is 20.8. The molecule has 2 saturated heterocycles. The molecule has 2 aromatic rings. The number of likely N-dealkylation sites (tertiary alicyclic amines) is 2. The molecule has 8 heteroatoms. The second kappa shape index (κ2) is 7.24. The van der Waals surface area contributed by atoms with Crippen LogP contribution in [0.25, 0.3) is 0 Å². The van der Waals surface area contributed by atoms with Crippen LogP contribution >= 0.6 is 0 Å². The molecule has 0 aliphatic carbocycles. The Hall–Kier alpha value is -2.77. The zero-order valence-electron chi connectivity index (χ0n) is 16.5. The van der Waals surface area contributed by atoms with Crippen molar-refractivity contribution in [2.75, 3.05) is 26.2 Å². The van der Waals surface area contributed by atoms with Gasteiger partial charge >= 0.3 is 0 Å². The Kier molecular flexibility index (Phi) is 4.88. The first-order valence-electron chi connectivity index (χ1n) is 9.76. The topological polar surface area (TPSA) is 66.7 Å². The molecule has 1 aromatic carbocycles. The third kappa shape index (κ3) is 3.52. The van der Waals surface area contributed by atoms with Crippen molar-refractivity contribution in [3.63, 3.8) is 0 Å². The van der Waals surface area contributed by atoms with Crippen LogP contribution in [0.3, 0.4) is 0 Å². The first-order valence-corrected chi connectivity index (χ1v) is 9.76. The van der Waals surface area contributed by atoms with Gasteiger partial charge in [-0.05, 0) is 50.2 Å². The van der Waals surface area contributed by atoms with Gasteiger partial charge in [-0.1, -0.05) is 11.2 Å². The summed E-state index contributed by atoms with van der Waals surface area (Å²) < 4.78 is 33.4. The highest BCUT2D eigenvalue weighted by molar-refractivity contribution is 5.95. The average Bonchev–Trinajstić information content (AvgIpc) is 3.32. The first-order chi connectivity index (χ1) is 13.8. The summed E-state index contributed by atoms with van der Waals surface area (Å²) in [5, 5.41) is 3.80. The number of aryl methyl sites for hydroxylation is 2. The van der Waals surface area contributed by atoms with Crippen molar-refractivity contribution in [3.05, 3.63) is 52.4 Å². The molecule has 2 amide bonds. The minimum absolute atomic E-state index is 0.0745. The molecule has 0 atom stereocenters. The van der Waals surface area contributed by atoms with E-state index in [-0.39, 0.29) is 16.9 Å². The summed E-state index contributed by atoms with van der Waals surface area (Å²) in [5.41, 5.74) is -0.00559. The van der Waals surface area contributed by atoms with E-state index >= 15 is 0 Å². The molecular weight excluding hydrogens is 380 g/mol. The molecule has 2 aliphatic heterocycles. The van der Waals surface area contributed by atoms with Gasteiger partial charge in [0.15, 0.2) is 5.69 Å². The van der Waals surface area contributed by atoms with E-state index in [2.05, 4.69) is 5.16 Å². The molecular formula is C21H23F2N3O3. The summed E-state index contributed by atoms with van der Waals surface area (Å²) in [4.78, 5) is 28.6. The Balaban J connectivity index is 1.42. The second-order valence-electron chi connectivity index (χ2n) is 8.14. The molecule has 1 aromatic heterocycles.